The minimum Gasteiger partial charge on any atom is -0.382 e. The summed E-state index contributed by atoms with van der Waals surface area (Å²) in [6.45, 7) is 0. The van der Waals surface area contributed by atoms with E-state index in [4.69, 9.17) is 4.84 Å². The van der Waals surface area contributed by atoms with Crippen molar-refractivity contribution in [2.24, 2.45) is 5.16 Å². The van der Waals surface area contributed by atoms with Crippen molar-refractivity contribution < 1.29 is 9.63 Å². The fourth-order valence-corrected chi connectivity index (χ4v) is 2.80. The molecule has 2 aromatic carbocycles. The van der Waals surface area contributed by atoms with Crippen LogP contribution in [0.3, 0.4) is 0 Å². The van der Waals surface area contributed by atoms with E-state index >= 15 is 0 Å². The Bertz CT molecular complexity index is 1040. The fraction of sp³-hybridized carbons (Fsp3) is 0.100. The summed E-state index contributed by atoms with van der Waals surface area (Å²) in [7, 11) is 0. The standard InChI is InChI=1S/C20H16N4O3/c25-19-10-9-16(22-23-19)14-7-4-8-15(11-14)21-20(26)18-12-17(24-27-18)13-5-2-1-3-6-13/h1-11,18H,12H2,(H,21,26)(H,23,25). The summed E-state index contributed by atoms with van der Waals surface area (Å²) in [6.07, 6.45) is -0.258. The van der Waals surface area contributed by atoms with E-state index in [9.17, 15) is 9.59 Å². The molecule has 2 N–H and O–H groups in total. The van der Waals surface area contributed by atoms with E-state index < -0.39 is 6.10 Å². The van der Waals surface area contributed by atoms with Crippen molar-refractivity contribution in [3.05, 3.63) is 82.6 Å². The molecule has 1 aromatic heterocycles. The van der Waals surface area contributed by atoms with Crippen LogP contribution in [-0.4, -0.2) is 27.9 Å². The van der Waals surface area contributed by atoms with Crippen molar-refractivity contribution in [2.75, 3.05) is 5.32 Å². The predicted octanol–water partition coefficient (Wildman–Crippen LogP) is 2.57. The van der Waals surface area contributed by atoms with Crippen molar-refractivity contribution in [2.45, 2.75) is 12.5 Å². The number of nitrogens with zero attached hydrogens (tertiary/aromatic N) is 2. The zero-order chi connectivity index (χ0) is 18.6. The van der Waals surface area contributed by atoms with E-state index in [1.54, 1.807) is 24.3 Å². The van der Waals surface area contributed by atoms with E-state index in [0.29, 0.717) is 17.8 Å². The van der Waals surface area contributed by atoms with Crippen LogP contribution < -0.4 is 10.9 Å². The first kappa shape index (κ1) is 16.7. The molecule has 134 valence electrons. The number of amides is 1. The number of hydrogen-bond acceptors (Lipinski definition) is 5. The molecule has 1 aliphatic rings. The van der Waals surface area contributed by atoms with Crippen LogP contribution in [0.15, 0.2) is 76.7 Å². The Morgan fingerprint density at radius 1 is 1.04 bits per heavy atom. The number of benzene rings is 2. The van der Waals surface area contributed by atoms with Gasteiger partial charge in [0, 0.05) is 23.7 Å². The summed E-state index contributed by atoms with van der Waals surface area (Å²) >= 11 is 0. The number of rotatable bonds is 4. The summed E-state index contributed by atoms with van der Waals surface area (Å²) in [5.74, 6) is -0.267. The fourth-order valence-electron chi connectivity index (χ4n) is 2.80. The van der Waals surface area contributed by atoms with Gasteiger partial charge in [0.15, 0.2) is 0 Å². The summed E-state index contributed by atoms with van der Waals surface area (Å²) in [4.78, 5) is 29.0. The Labute approximate surface area is 154 Å². The largest absolute Gasteiger partial charge is 0.382 e. The Balaban J connectivity index is 1.44. The van der Waals surface area contributed by atoms with Gasteiger partial charge in [-0.15, -0.1) is 0 Å². The van der Waals surface area contributed by atoms with Crippen LogP contribution in [0.4, 0.5) is 5.69 Å². The molecule has 27 heavy (non-hydrogen) atoms. The molecule has 0 aliphatic carbocycles. The summed E-state index contributed by atoms with van der Waals surface area (Å²) in [6, 6.07) is 19.9. The van der Waals surface area contributed by atoms with Crippen molar-refractivity contribution >= 4 is 17.3 Å². The number of carbonyl (C=O) groups is 1. The number of aromatic nitrogens is 2. The Hall–Kier alpha value is -3.74. The lowest BCUT2D eigenvalue weighted by Crippen LogP contribution is -2.28. The smallest absolute Gasteiger partial charge is 0.268 e. The third-order valence-corrected chi connectivity index (χ3v) is 4.17. The van der Waals surface area contributed by atoms with Gasteiger partial charge in [-0.05, 0) is 23.8 Å². The lowest BCUT2D eigenvalue weighted by Gasteiger charge is -2.10. The molecule has 2 heterocycles. The molecule has 0 spiro atoms. The number of H-pyrrole nitrogens is 1. The average molecular weight is 360 g/mol. The lowest BCUT2D eigenvalue weighted by atomic mass is 10.0. The van der Waals surface area contributed by atoms with Gasteiger partial charge in [0.25, 0.3) is 11.5 Å². The predicted molar refractivity (Wildman–Crippen MR) is 101 cm³/mol. The highest BCUT2D eigenvalue weighted by Crippen LogP contribution is 2.22. The van der Waals surface area contributed by atoms with Gasteiger partial charge < -0.3 is 10.2 Å². The van der Waals surface area contributed by atoms with Gasteiger partial charge in [0.05, 0.1) is 11.4 Å². The minimum atomic E-state index is -0.671. The first-order chi connectivity index (χ1) is 13.2. The third kappa shape index (κ3) is 3.77. The van der Waals surface area contributed by atoms with Crippen LogP contribution in [0.1, 0.15) is 12.0 Å². The molecule has 1 aliphatic heterocycles. The molecule has 0 radical (unpaired) electrons. The Kier molecular flexibility index (Phi) is 4.49. The highest BCUT2D eigenvalue weighted by Gasteiger charge is 2.28. The second-order valence-electron chi connectivity index (χ2n) is 6.08. The zero-order valence-corrected chi connectivity index (χ0v) is 14.3. The maximum absolute atomic E-state index is 12.5. The van der Waals surface area contributed by atoms with Gasteiger partial charge in [-0.25, -0.2) is 5.10 Å². The van der Waals surface area contributed by atoms with Gasteiger partial charge in [-0.3, -0.25) is 9.59 Å². The topological polar surface area (TPSA) is 96.4 Å². The Morgan fingerprint density at radius 2 is 1.85 bits per heavy atom. The molecule has 4 rings (SSSR count). The van der Waals surface area contributed by atoms with Crippen LogP contribution in [0.2, 0.25) is 0 Å². The van der Waals surface area contributed by atoms with E-state index in [2.05, 4.69) is 20.7 Å². The molecular formula is C20H16N4O3. The number of anilines is 1. The number of oxime groups is 1. The normalized spacial score (nSPS) is 15.7. The maximum atomic E-state index is 12.5. The lowest BCUT2D eigenvalue weighted by molar-refractivity contribution is -0.125. The number of carbonyl (C=O) groups excluding carboxylic acids is 1. The quantitative estimate of drug-likeness (QED) is 0.747. The monoisotopic (exact) mass is 360 g/mol. The second-order valence-corrected chi connectivity index (χ2v) is 6.08. The van der Waals surface area contributed by atoms with E-state index in [1.165, 1.54) is 6.07 Å². The molecule has 0 saturated heterocycles. The SMILES string of the molecule is O=C(Nc1cccc(-c2ccc(=O)[nH]n2)c1)C1CC(c2ccccc2)=NO1. The van der Waals surface area contributed by atoms with Gasteiger partial charge in [0.1, 0.15) is 0 Å². The van der Waals surface area contributed by atoms with Crippen molar-refractivity contribution in [3.8, 4) is 11.3 Å². The van der Waals surface area contributed by atoms with Gasteiger partial charge in [-0.1, -0.05) is 47.6 Å². The highest BCUT2D eigenvalue weighted by molar-refractivity contribution is 6.06. The minimum absolute atomic E-state index is 0.267. The second kappa shape index (κ2) is 7.25. The molecule has 1 amide bonds. The zero-order valence-electron chi connectivity index (χ0n) is 14.3. The average Bonchev–Trinajstić information content (AvgIpc) is 3.20. The van der Waals surface area contributed by atoms with Gasteiger partial charge in [0.2, 0.25) is 6.10 Å². The molecule has 3 aromatic rings. The summed E-state index contributed by atoms with van der Waals surface area (Å²) in [5.41, 5.74) is 3.43. The number of nitrogens with one attached hydrogen (secondary N) is 2. The van der Waals surface area contributed by atoms with Crippen molar-refractivity contribution in [1.29, 1.82) is 0 Å². The molecule has 7 heteroatoms. The molecule has 0 bridgehead atoms. The summed E-state index contributed by atoms with van der Waals surface area (Å²) in [5, 5.41) is 13.3. The van der Waals surface area contributed by atoms with Crippen molar-refractivity contribution in [1.82, 2.24) is 10.2 Å². The maximum Gasteiger partial charge on any atom is 0.268 e. The van der Waals surface area contributed by atoms with Crippen LogP contribution >= 0.6 is 0 Å². The van der Waals surface area contributed by atoms with Crippen LogP contribution in [0.5, 0.6) is 0 Å². The van der Waals surface area contributed by atoms with E-state index in [0.717, 1.165) is 16.8 Å². The van der Waals surface area contributed by atoms with Crippen LogP contribution in [0, 0.1) is 0 Å². The Morgan fingerprint density at radius 3 is 2.63 bits per heavy atom. The molecule has 1 unspecified atom stereocenters. The first-order valence-corrected chi connectivity index (χ1v) is 8.44. The number of aromatic amines is 1. The molecule has 1 atom stereocenters. The van der Waals surface area contributed by atoms with Crippen LogP contribution in [0.25, 0.3) is 11.3 Å². The molecule has 0 saturated carbocycles. The third-order valence-electron chi connectivity index (χ3n) is 4.17. The van der Waals surface area contributed by atoms with E-state index in [1.807, 2.05) is 36.4 Å². The van der Waals surface area contributed by atoms with Gasteiger partial charge >= 0.3 is 0 Å². The van der Waals surface area contributed by atoms with Crippen LogP contribution in [-0.2, 0) is 9.63 Å². The molecule has 7 nitrogen and oxygen atoms in total. The van der Waals surface area contributed by atoms with Gasteiger partial charge in [-0.2, -0.15) is 5.10 Å². The molecular weight excluding hydrogens is 344 g/mol. The van der Waals surface area contributed by atoms with Crippen molar-refractivity contribution in [3.63, 3.8) is 0 Å². The highest BCUT2D eigenvalue weighted by atomic mass is 16.6. The summed E-state index contributed by atoms with van der Waals surface area (Å²) < 4.78 is 0. The number of hydrogen-bond donors (Lipinski definition) is 2. The van der Waals surface area contributed by atoms with E-state index in [-0.39, 0.29) is 11.5 Å². The first-order valence-electron chi connectivity index (χ1n) is 8.44. The molecule has 0 fully saturated rings.